The van der Waals surface area contributed by atoms with E-state index in [9.17, 15) is 14.4 Å². The van der Waals surface area contributed by atoms with Crippen molar-refractivity contribution >= 4 is 17.7 Å². The van der Waals surface area contributed by atoms with Crippen LogP contribution < -0.4 is 5.73 Å². The van der Waals surface area contributed by atoms with E-state index in [1.165, 1.54) is 0 Å². The van der Waals surface area contributed by atoms with Gasteiger partial charge in [0.1, 0.15) is 5.41 Å². The average molecular weight is 370 g/mol. The van der Waals surface area contributed by atoms with Crippen LogP contribution in [0.25, 0.3) is 0 Å². The third kappa shape index (κ3) is 3.31. The Balaban J connectivity index is 1.48. The molecule has 1 aromatic heterocycles. The van der Waals surface area contributed by atoms with Crippen LogP contribution in [0.4, 0.5) is 0 Å². The van der Waals surface area contributed by atoms with Gasteiger partial charge in [-0.1, -0.05) is 6.07 Å². The number of aromatic nitrogens is 1. The van der Waals surface area contributed by atoms with Crippen molar-refractivity contribution in [2.24, 2.45) is 16.6 Å². The van der Waals surface area contributed by atoms with Gasteiger partial charge in [0.25, 0.3) is 0 Å². The van der Waals surface area contributed by atoms with Gasteiger partial charge >= 0.3 is 0 Å². The zero-order valence-electron chi connectivity index (χ0n) is 15.5. The van der Waals surface area contributed by atoms with E-state index < -0.39 is 11.3 Å². The molecular formula is C20H26N4O3. The number of carbonyl (C=O) groups is 3. The van der Waals surface area contributed by atoms with Crippen molar-refractivity contribution in [3.05, 3.63) is 30.1 Å². The first-order valence-corrected chi connectivity index (χ1v) is 9.71. The van der Waals surface area contributed by atoms with Gasteiger partial charge < -0.3 is 15.5 Å². The number of piperidine rings is 2. The van der Waals surface area contributed by atoms with Gasteiger partial charge in [0, 0.05) is 37.7 Å². The van der Waals surface area contributed by atoms with E-state index in [2.05, 4.69) is 4.98 Å². The Kier molecular flexibility index (Phi) is 4.40. The van der Waals surface area contributed by atoms with Crippen LogP contribution in [0.2, 0.25) is 0 Å². The summed E-state index contributed by atoms with van der Waals surface area (Å²) in [5.41, 5.74) is 5.31. The molecule has 3 fully saturated rings. The summed E-state index contributed by atoms with van der Waals surface area (Å²) in [4.78, 5) is 45.2. The summed E-state index contributed by atoms with van der Waals surface area (Å²) >= 11 is 0. The summed E-state index contributed by atoms with van der Waals surface area (Å²) in [7, 11) is 0. The smallest absolute Gasteiger partial charge is 0.238 e. The Hall–Kier alpha value is -2.44. The SMILES string of the molecule is NC(=O)C1(C(=O)N2CCC[C@@]3(CCC(=O)N(Cc4ccccn4)C3)C2)CC1. The number of carbonyl (C=O) groups excluding carboxylic acids is 3. The first-order valence-electron chi connectivity index (χ1n) is 9.71. The van der Waals surface area contributed by atoms with Gasteiger partial charge in [-0.15, -0.1) is 0 Å². The largest absolute Gasteiger partial charge is 0.369 e. The minimum Gasteiger partial charge on any atom is -0.369 e. The molecule has 2 N–H and O–H groups in total. The minimum atomic E-state index is -0.962. The number of rotatable bonds is 4. The summed E-state index contributed by atoms with van der Waals surface area (Å²) in [6, 6.07) is 5.71. The molecule has 1 atom stereocenters. The lowest BCUT2D eigenvalue weighted by molar-refractivity contribution is -0.149. The monoisotopic (exact) mass is 370 g/mol. The zero-order chi connectivity index (χ0) is 19.1. The van der Waals surface area contributed by atoms with Crippen LogP contribution in [0.1, 0.15) is 44.2 Å². The zero-order valence-corrected chi connectivity index (χ0v) is 15.5. The third-order valence-electron chi connectivity index (χ3n) is 6.41. The number of pyridine rings is 1. The maximum absolute atomic E-state index is 12.9. The number of primary amides is 1. The van der Waals surface area contributed by atoms with Crippen LogP contribution in [0.15, 0.2) is 24.4 Å². The highest BCUT2D eigenvalue weighted by Gasteiger charge is 2.58. The Morgan fingerprint density at radius 3 is 2.63 bits per heavy atom. The highest BCUT2D eigenvalue weighted by atomic mass is 16.2. The van der Waals surface area contributed by atoms with Crippen LogP contribution in [-0.2, 0) is 20.9 Å². The summed E-state index contributed by atoms with van der Waals surface area (Å²) in [5.74, 6) is -0.462. The van der Waals surface area contributed by atoms with Crippen molar-refractivity contribution < 1.29 is 14.4 Å². The number of hydrogen-bond acceptors (Lipinski definition) is 4. The average Bonchev–Trinajstić information content (AvgIpc) is 3.47. The molecule has 144 valence electrons. The molecule has 3 heterocycles. The summed E-state index contributed by atoms with van der Waals surface area (Å²) < 4.78 is 0. The molecule has 2 aliphatic heterocycles. The molecule has 7 heteroatoms. The van der Waals surface area contributed by atoms with Crippen molar-refractivity contribution in [3.8, 4) is 0 Å². The first kappa shape index (κ1) is 17.9. The highest BCUT2D eigenvalue weighted by molar-refractivity contribution is 6.07. The second-order valence-electron chi connectivity index (χ2n) is 8.35. The topological polar surface area (TPSA) is 96.6 Å². The molecule has 2 saturated heterocycles. The predicted octanol–water partition coefficient (Wildman–Crippen LogP) is 1.08. The van der Waals surface area contributed by atoms with Gasteiger partial charge in [0.05, 0.1) is 12.2 Å². The van der Waals surface area contributed by atoms with Gasteiger partial charge in [0.15, 0.2) is 0 Å². The summed E-state index contributed by atoms with van der Waals surface area (Å²) in [6.45, 7) is 2.41. The molecule has 1 aromatic rings. The number of likely N-dealkylation sites (tertiary alicyclic amines) is 2. The fourth-order valence-electron chi connectivity index (χ4n) is 4.64. The molecule has 27 heavy (non-hydrogen) atoms. The third-order valence-corrected chi connectivity index (χ3v) is 6.41. The van der Waals surface area contributed by atoms with E-state index >= 15 is 0 Å². The van der Waals surface area contributed by atoms with E-state index in [0.29, 0.717) is 45.4 Å². The second-order valence-corrected chi connectivity index (χ2v) is 8.35. The van der Waals surface area contributed by atoms with Gasteiger partial charge in [-0.25, -0.2) is 0 Å². The van der Waals surface area contributed by atoms with Crippen molar-refractivity contribution in [1.29, 1.82) is 0 Å². The molecule has 0 unspecified atom stereocenters. The Bertz CT molecular complexity index is 762. The van der Waals surface area contributed by atoms with Crippen molar-refractivity contribution in [2.45, 2.75) is 45.1 Å². The fraction of sp³-hybridized carbons (Fsp3) is 0.600. The van der Waals surface area contributed by atoms with Gasteiger partial charge in [-0.2, -0.15) is 0 Å². The number of hydrogen-bond donors (Lipinski definition) is 1. The Morgan fingerprint density at radius 1 is 1.15 bits per heavy atom. The minimum absolute atomic E-state index is 0.0929. The number of nitrogens with zero attached hydrogens (tertiary/aromatic N) is 3. The van der Waals surface area contributed by atoms with Crippen LogP contribution in [0.3, 0.4) is 0 Å². The maximum atomic E-state index is 12.9. The van der Waals surface area contributed by atoms with Crippen LogP contribution in [0, 0.1) is 10.8 Å². The van der Waals surface area contributed by atoms with Crippen LogP contribution in [0.5, 0.6) is 0 Å². The van der Waals surface area contributed by atoms with Crippen LogP contribution >= 0.6 is 0 Å². The number of amides is 3. The van der Waals surface area contributed by atoms with Gasteiger partial charge in [0.2, 0.25) is 17.7 Å². The fourth-order valence-corrected chi connectivity index (χ4v) is 4.64. The maximum Gasteiger partial charge on any atom is 0.238 e. The number of nitrogens with two attached hydrogens (primary N) is 1. The van der Waals surface area contributed by atoms with E-state index in [4.69, 9.17) is 5.73 Å². The molecular weight excluding hydrogens is 344 g/mol. The molecule has 3 amide bonds. The lowest BCUT2D eigenvalue weighted by Gasteiger charge is -2.48. The Morgan fingerprint density at radius 2 is 1.96 bits per heavy atom. The van der Waals surface area contributed by atoms with Crippen molar-refractivity contribution in [3.63, 3.8) is 0 Å². The van der Waals surface area contributed by atoms with Crippen molar-refractivity contribution in [2.75, 3.05) is 19.6 Å². The van der Waals surface area contributed by atoms with Gasteiger partial charge in [-0.3, -0.25) is 19.4 Å². The standard InChI is InChI=1S/C20H26N4O3/c21-17(26)20(8-9-20)18(27)23-11-3-6-19(13-23)7-5-16(25)24(14-19)12-15-4-1-2-10-22-15/h1-2,4,10H,3,5-9,11-14H2,(H2,21,26)/t19-/m1/s1. The molecule has 7 nitrogen and oxygen atoms in total. The molecule has 1 spiro atoms. The van der Waals surface area contributed by atoms with E-state index in [1.54, 1.807) is 6.20 Å². The molecule has 1 saturated carbocycles. The molecule has 4 rings (SSSR count). The predicted molar refractivity (Wildman–Crippen MR) is 98.0 cm³/mol. The summed E-state index contributed by atoms with van der Waals surface area (Å²) in [5, 5.41) is 0. The van der Waals surface area contributed by atoms with E-state index in [1.807, 2.05) is 28.0 Å². The molecule has 0 bridgehead atoms. The van der Waals surface area contributed by atoms with E-state index in [-0.39, 0.29) is 17.2 Å². The Labute approximate surface area is 158 Å². The first-order chi connectivity index (χ1) is 12.9. The lowest BCUT2D eigenvalue weighted by Crippen LogP contribution is -2.56. The molecule has 0 radical (unpaired) electrons. The van der Waals surface area contributed by atoms with Crippen molar-refractivity contribution in [1.82, 2.24) is 14.8 Å². The van der Waals surface area contributed by atoms with E-state index in [0.717, 1.165) is 25.0 Å². The molecule has 3 aliphatic rings. The quantitative estimate of drug-likeness (QED) is 0.802. The molecule has 0 aromatic carbocycles. The normalized spacial score (nSPS) is 26.9. The highest BCUT2D eigenvalue weighted by Crippen LogP contribution is 2.48. The lowest BCUT2D eigenvalue weighted by atomic mass is 9.73. The second kappa shape index (κ2) is 6.62. The van der Waals surface area contributed by atoms with Gasteiger partial charge in [-0.05, 0) is 44.2 Å². The molecule has 1 aliphatic carbocycles. The van der Waals surface area contributed by atoms with Crippen LogP contribution in [-0.4, -0.2) is 52.1 Å². The summed E-state index contributed by atoms with van der Waals surface area (Å²) in [6.07, 6.45) is 6.04.